The molecule has 0 heterocycles. The Morgan fingerprint density at radius 2 is 2.00 bits per heavy atom. The van der Waals surface area contributed by atoms with Gasteiger partial charge in [0.15, 0.2) is 6.29 Å². The van der Waals surface area contributed by atoms with Crippen LogP contribution >= 0.6 is 0 Å². The van der Waals surface area contributed by atoms with Crippen molar-refractivity contribution in [2.45, 2.75) is 52.4 Å². The van der Waals surface area contributed by atoms with Gasteiger partial charge in [0, 0.05) is 0 Å². The van der Waals surface area contributed by atoms with E-state index in [0.29, 0.717) is 0 Å². The molecule has 0 aliphatic heterocycles. The first-order valence-electron chi connectivity index (χ1n) is 4.91. The molecule has 0 aromatic carbocycles. The summed E-state index contributed by atoms with van der Waals surface area (Å²) in [6.45, 7) is 12.6. The van der Waals surface area contributed by atoms with Crippen LogP contribution in [0.15, 0.2) is 12.7 Å². The lowest BCUT2D eigenvalue weighted by Gasteiger charge is -2.25. The monoisotopic (exact) mass is 186 g/mol. The van der Waals surface area contributed by atoms with Crippen molar-refractivity contribution >= 4 is 0 Å². The van der Waals surface area contributed by atoms with Crippen molar-refractivity contribution < 1.29 is 9.47 Å². The molecule has 0 rings (SSSR count). The minimum absolute atomic E-state index is 0.176. The van der Waals surface area contributed by atoms with Crippen LogP contribution in [0.1, 0.15) is 40.5 Å². The quantitative estimate of drug-likeness (QED) is 0.360. The average molecular weight is 186 g/mol. The summed E-state index contributed by atoms with van der Waals surface area (Å²) in [5, 5.41) is 0. The van der Waals surface area contributed by atoms with Gasteiger partial charge in [-0.15, -0.1) is 0 Å². The van der Waals surface area contributed by atoms with E-state index in [1.54, 1.807) is 6.08 Å². The zero-order chi connectivity index (χ0) is 10.3. The van der Waals surface area contributed by atoms with Crippen molar-refractivity contribution in [2.75, 3.05) is 6.61 Å². The zero-order valence-corrected chi connectivity index (χ0v) is 9.30. The second kappa shape index (κ2) is 6.17. The maximum atomic E-state index is 5.59. The lowest BCUT2D eigenvalue weighted by atomic mass is 10.2. The molecular formula is C11H22O2. The second-order valence-corrected chi connectivity index (χ2v) is 4.06. The van der Waals surface area contributed by atoms with Gasteiger partial charge in [-0.2, -0.15) is 0 Å². The Kier molecular flexibility index (Phi) is 6.00. The average Bonchev–Trinajstić information content (AvgIpc) is 2.01. The zero-order valence-electron chi connectivity index (χ0n) is 9.30. The SMILES string of the molecule is C=CC(OCCCC)OC(C)(C)C. The van der Waals surface area contributed by atoms with Crippen molar-refractivity contribution in [3.8, 4) is 0 Å². The molecule has 0 radical (unpaired) electrons. The van der Waals surface area contributed by atoms with Crippen LogP contribution in [0.3, 0.4) is 0 Å². The standard InChI is InChI=1S/C11H22O2/c1-6-8-9-12-10(7-2)13-11(3,4)5/h7,10H,2,6,8-9H2,1,3-5H3. The molecule has 78 valence electrons. The number of rotatable bonds is 6. The van der Waals surface area contributed by atoms with Gasteiger partial charge in [-0.3, -0.25) is 0 Å². The van der Waals surface area contributed by atoms with Crippen molar-refractivity contribution in [3.05, 3.63) is 12.7 Å². The van der Waals surface area contributed by atoms with Crippen molar-refractivity contribution in [1.29, 1.82) is 0 Å². The smallest absolute Gasteiger partial charge is 0.177 e. The summed E-state index contributed by atoms with van der Waals surface area (Å²) < 4.78 is 11.1. The number of unbranched alkanes of at least 4 members (excludes halogenated alkanes) is 1. The molecule has 2 heteroatoms. The fourth-order valence-electron chi connectivity index (χ4n) is 0.842. The van der Waals surface area contributed by atoms with Gasteiger partial charge in [-0.05, 0) is 33.3 Å². The molecule has 13 heavy (non-hydrogen) atoms. The highest BCUT2D eigenvalue weighted by molar-refractivity contribution is 4.75. The van der Waals surface area contributed by atoms with Crippen LogP contribution in [0.4, 0.5) is 0 Å². The van der Waals surface area contributed by atoms with Gasteiger partial charge >= 0.3 is 0 Å². The Balaban J connectivity index is 3.70. The fourth-order valence-corrected chi connectivity index (χ4v) is 0.842. The van der Waals surface area contributed by atoms with E-state index < -0.39 is 0 Å². The third-order valence-electron chi connectivity index (χ3n) is 1.44. The van der Waals surface area contributed by atoms with Crippen molar-refractivity contribution in [1.82, 2.24) is 0 Å². The van der Waals surface area contributed by atoms with Gasteiger partial charge in [-0.1, -0.05) is 19.9 Å². The molecule has 0 N–H and O–H groups in total. The molecule has 0 spiro atoms. The number of hydrogen-bond donors (Lipinski definition) is 0. The van der Waals surface area contributed by atoms with Gasteiger partial charge in [0.1, 0.15) is 0 Å². The molecule has 1 atom stereocenters. The molecule has 0 bridgehead atoms. The number of ether oxygens (including phenoxy) is 2. The van der Waals surface area contributed by atoms with Gasteiger partial charge in [-0.25, -0.2) is 0 Å². The molecule has 0 aromatic heterocycles. The molecule has 2 nitrogen and oxygen atoms in total. The van der Waals surface area contributed by atoms with Gasteiger partial charge in [0.05, 0.1) is 12.2 Å². The van der Waals surface area contributed by atoms with Gasteiger partial charge in [0.25, 0.3) is 0 Å². The van der Waals surface area contributed by atoms with Crippen LogP contribution in [0.25, 0.3) is 0 Å². The van der Waals surface area contributed by atoms with E-state index in [2.05, 4.69) is 13.5 Å². The summed E-state index contributed by atoms with van der Waals surface area (Å²) in [7, 11) is 0. The molecule has 0 fully saturated rings. The highest BCUT2D eigenvalue weighted by Crippen LogP contribution is 2.12. The lowest BCUT2D eigenvalue weighted by molar-refractivity contribution is -0.169. The Bertz CT molecular complexity index is 136. The second-order valence-electron chi connectivity index (χ2n) is 4.06. The maximum Gasteiger partial charge on any atom is 0.177 e. The van der Waals surface area contributed by atoms with Crippen LogP contribution in [-0.4, -0.2) is 18.5 Å². The minimum Gasteiger partial charge on any atom is -0.349 e. The van der Waals surface area contributed by atoms with E-state index in [9.17, 15) is 0 Å². The fraction of sp³-hybridized carbons (Fsp3) is 0.818. The van der Waals surface area contributed by atoms with E-state index in [0.717, 1.165) is 19.4 Å². The van der Waals surface area contributed by atoms with Crippen molar-refractivity contribution in [3.63, 3.8) is 0 Å². The Morgan fingerprint density at radius 3 is 2.38 bits per heavy atom. The maximum absolute atomic E-state index is 5.59. The largest absolute Gasteiger partial charge is 0.349 e. The predicted octanol–water partition coefficient (Wildman–Crippen LogP) is 3.13. The molecule has 1 unspecified atom stereocenters. The summed E-state index contributed by atoms with van der Waals surface area (Å²) in [4.78, 5) is 0. The van der Waals surface area contributed by atoms with Gasteiger partial charge in [0.2, 0.25) is 0 Å². The van der Waals surface area contributed by atoms with Crippen LogP contribution in [0.5, 0.6) is 0 Å². The third-order valence-corrected chi connectivity index (χ3v) is 1.44. The summed E-state index contributed by atoms with van der Waals surface area (Å²) in [5.41, 5.74) is -0.176. The van der Waals surface area contributed by atoms with E-state index in [1.807, 2.05) is 20.8 Å². The Morgan fingerprint density at radius 1 is 1.38 bits per heavy atom. The lowest BCUT2D eigenvalue weighted by Crippen LogP contribution is -2.28. The normalized spacial score (nSPS) is 14.2. The minimum atomic E-state index is -0.272. The molecular weight excluding hydrogens is 164 g/mol. The highest BCUT2D eigenvalue weighted by atomic mass is 16.7. The first kappa shape index (κ1) is 12.7. The third kappa shape index (κ3) is 8.00. The summed E-state index contributed by atoms with van der Waals surface area (Å²) in [5.74, 6) is 0. The topological polar surface area (TPSA) is 18.5 Å². The van der Waals surface area contributed by atoms with E-state index >= 15 is 0 Å². The first-order chi connectivity index (χ1) is 5.99. The highest BCUT2D eigenvalue weighted by Gasteiger charge is 2.16. The molecule has 0 saturated carbocycles. The summed E-state index contributed by atoms with van der Waals surface area (Å²) >= 11 is 0. The summed E-state index contributed by atoms with van der Waals surface area (Å²) in [6, 6.07) is 0. The van der Waals surface area contributed by atoms with E-state index in [-0.39, 0.29) is 11.9 Å². The Labute approximate surface area is 81.9 Å². The first-order valence-corrected chi connectivity index (χ1v) is 4.91. The molecule has 0 aromatic rings. The molecule has 0 aliphatic rings. The van der Waals surface area contributed by atoms with Crippen molar-refractivity contribution in [2.24, 2.45) is 0 Å². The molecule has 0 amide bonds. The van der Waals surface area contributed by atoms with Crippen LogP contribution in [0, 0.1) is 0 Å². The van der Waals surface area contributed by atoms with Crippen LogP contribution in [-0.2, 0) is 9.47 Å². The van der Waals surface area contributed by atoms with E-state index in [4.69, 9.17) is 9.47 Å². The predicted molar refractivity (Wildman–Crippen MR) is 55.7 cm³/mol. The van der Waals surface area contributed by atoms with E-state index in [1.165, 1.54) is 0 Å². The van der Waals surface area contributed by atoms with Crippen LogP contribution in [0.2, 0.25) is 0 Å². The Hall–Kier alpha value is -0.340. The number of hydrogen-bond acceptors (Lipinski definition) is 2. The molecule has 0 saturated heterocycles. The summed E-state index contributed by atoms with van der Waals surface area (Å²) in [6.07, 6.45) is 3.63. The molecule has 0 aliphatic carbocycles. The van der Waals surface area contributed by atoms with Crippen LogP contribution < -0.4 is 0 Å². The van der Waals surface area contributed by atoms with Gasteiger partial charge < -0.3 is 9.47 Å².